The van der Waals surface area contributed by atoms with Gasteiger partial charge in [0, 0.05) is 41.1 Å². The Morgan fingerprint density at radius 2 is 1.84 bits per heavy atom. The molecule has 0 aliphatic carbocycles. The van der Waals surface area contributed by atoms with Crippen LogP contribution in [0.15, 0.2) is 54.6 Å². The second-order valence-corrected chi connectivity index (χ2v) is 9.06. The van der Waals surface area contributed by atoms with Crippen molar-refractivity contribution in [2.45, 2.75) is 25.6 Å². The molecule has 3 aromatic rings. The van der Waals surface area contributed by atoms with Gasteiger partial charge in [-0.3, -0.25) is 4.79 Å². The normalized spacial score (nSPS) is 13.8. The third-order valence-electron chi connectivity index (χ3n) is 6.16. The number of carbonyl (C=O) groups excluding carboxylic acids is 1. The van der Waals surface area contributed by atoms with Crippen LogP contribution in [0.25, 0.3) is 0 Å². The van der Waals surface area contributed by atoms with Crippen LogP contribution >= 0.6 is 11.6 Å². The maximum absolute atomic E-state index is 13.9. The third kappa shape index (κ3) is 5.94. The number of alkyl halides is 3. The molecule has 0 aromatic heterocycles. The molecule has 2 N–H and O–H groups in total. The molecule has 10 heteroatoms. The maximum atomic E-state index is 13.9. The van der Waals surface area contributed by atoms with Crippen molar-refractivity contribution in [1.29, 1.82) is 0 Å². The highest BCUT2D eigenvalue weighted by Crippen LogP contribution is 2.40. The van der Waals surface area contributed by atoms with Crippen molar-refractivity contribution < 1.29 is 32.5 Å². The van der Waals surface area contributed by atoms with Crippen LogP contribution in [0.5, 0.6) is 11.5 Å². The molecule has 0 saturated carbocycles. The largest absolute Gasteiger partial charge is 0.497 e. The summed E-state index contributed by atoms with van der Waals surface area (Å²) < 4.78 is 51.5. The van der Waals surface area contributed by atoms with Gasteiger partial charge in [-0.1, -0.05) is 23.7 Å². The topological polar surface area (TPSA) is 71.0 Å². The summed E-state index contributed by atoms with van der Waals surface area (Å²) in [6, 6.07) is 12.8. The van der Waals surface area contributed by atoms with E-state index in [4.69, 9.17) is 26.2 Å². The predicted molar refractivity (Wildman–Crippen MR) is 136 cm³/mol. The van der Waals surface area contributed by atoms with E-state index in [2.05, 4.69) is 5.32 Å². The van der Waals surface area contributed by atoms with Crippen LogP contribution in [0.1, 0.15) is 28.3 Å². The Labute approximate surface area is 217 Å². The lowest BCUT2D eigenvalue weighted by Crippen LogP contribution is -2.37. The first kappa shape index (κ1) is 26.6. The first-order valence-electron chi connectivity index (χ1n) is 11.6. The van der Waals surface area contributed by atoms with Crippen molar-refractivity contribution in [3.63, 3.8) is 0 Å². The lowest BCUT2D eigenvalue weighted by molar-refractivity contribution is -0.137. The molecule has 0 unspecified atom stereocenters. The van der Waals surface area contributed by atoms with Crippen LogP contribution in [-0.2, 0) is 17.4 Å². The van der Waals surface area contributed by atoms with Gasteiger partial charge in [-0.25, -0.2) is 0 Å². The summed E-state index contributed by atoms with van der Waals surface area (Å²) in [4.78, 5) is 15.3. The number of fused-ring (bicyclic) bond motifs is 1. The van der Waals surface area contributed by atoms with Gasteiger partial charge in [-0.05, 0) is 54.3 Å². The van der Waals surface area contributed by atoms with Gasteiger partial charge in [0.1, 0.15) is 24.1 Å². The molecule has 0 spiro atoms. The molecule has 1 aliphatic rings. The highest BCUT2D eigenvalue weighted by Gasteiger charge is 2.37. The highest BCUT2D eigenvalue weighted by atomic mass is 35.5. The lowest BCUT2D eigenvalue weighted by Gasteiger charge is -2.27. The Balaban J connectivity index is 1.73. The molecule has 4 rings (SSSR count). The van der Waals surface area contributed by atoms with Gasteiger partial charge in [0.25, 0.3) is 5.91 Å². The van der Waals surface area contributed by atoms with Gasteiger partial charge in [-0.15, -0.1) is 0 Å². The molecule has 0 fully saturated rings. The number of ether oxygens (including phenoxy) is 2. The second kappa shape index (κ2) is 10.9. The zero-order valence-electron chi connectivity index (χ0n) is 20.2. The molecule has 1 atom stereocenters. The number of nitrogens with zero attached hydrogens (tertiary/aromatic N) is 1. The minimum atomic E-state index is -4.53. The second-order valence-electron chi connectivity index (χ2n) is 8.63. The number of aliphatic hydroxyl groups excluding tert-OH is 1. The van der Waals surface area contributed by atoms with Crippen LogP contribution in [-0.4, -0.2) is 37.9 Å². The Kier molecular flexibility index (Phi) is 7.85. The minimum absolute atomic E-state index is 0.0671. The summed E-state index contributed by atoms with van der Waals surface area (Å²) in [6.45, 7) is 1.77. The number of hydrogen-bond donors (Lipinski definition) is 2. The number of benzene rings is 3. The lowest BCUT2D eigenvalue weighted by atomic mass is 10.0. The Hall–Kier alpha value is -3.43. The van der Waals surface area contributed by atoms with Gasteiger partial charge in [0.2, 0.25) is 0 Å². The molecular weight excluding hydrogens is 509 g/mol. The van der Waals surface area contributed by atoms with E-state index in [9.17, 15) is 18.0 Å². The summed E-state index contributed by atoms with van der Waals surface area (Å²) in [6.07, 6.45) is -4.08. The van der Waals surface area contributed by atoms with E-state index in [0.717, 1.165) is 17.7 Å². The van der Waals surface area contributed by atoms with E-state index in [1.54, 1.807) is 49.4 Å². The number of aryl methyl sites for hydroxylation is 1. The SMILES string of the molecule is COc1cc(N[C@@H](C(=O)N2CCc3c(C)cc(C(F)(F)F)cc32)c2ccc(Cl)cc2)cc(OCCO)c1. The zero-order valence-corrected chi connectivity index (χ0v) is 21.0. The molecule has 196 valence electrons. The molecule has 0 saturated heterocycles. The average Bonchev–Trinajstić information content (AvgIpc) is 3.30. The van der Waals surface area contributed by atoms with E-state index in [1.807, 2.05) is 0 Å². The fourth-order valence-corrected chi connectivity index (χ4v) is 4.51. The number of hydrogen-bond acceptors (Lipinski definition) is 5. The molecule has 1 aliphatic heterocycles. The monoisotopic (exact) mass is 534 g/mol. The number of amides is 1. The minimum Gasteiger partial charge on any atom is -0.497 e. The molecule has 1 heterocycles. The number of aliphatic hydroxyl groups is 1. The van der Waals surface area contributed by atoms with Gasteiger partial charge >= 0.3 is 6.18 Å². The summed E-state index contributed by atoms with van der Waals surface area (Å²) in [5, 5.41) is 12.8. The number of nitrogens with one attached hydrogen (secondary N) is 1. The van der Waals surface area contributed by atoms with E-state index in [0.29, 0.717) is 39.8 Å². The van der Waals surface area contributed by atoms with Crippen molar-refractivity contribution in [2.75, 3.05) is 37.1 Å². The van der Waals surface area contributed by atoms with Crippen LogP contribution in [0.3, 0.4) is 0 Å². The third-order valence-corrected chi connectivity index (χ3v) is 6.41. The molecular formula is C27H26ClF3N2O4. The van der Waals surface area contributed by atoms with Crippen molar-refractivity contribution in [1.82, 2.24) is 0 Å². The Morgan fingerprint density at radius 1 is 1.14 bits per heavy atom. The van der Waals surface area contributed by atoms with Crippen molar-refractivity contribution in [3.05, 3.63) is 81.9 Å². The number of anilines is 2. The molecule has 3 aromatic carbocycles. The molecule has 1 amide bonds. The fourth-order valence-electron chi connectivity index (χ4n) is 4.39. The van der Waals surface area contributed by atoms with Crippen molar-refractivity contribution in [2.24, 2.45) is 0 Å². The summed E-state index contributed by atoms with van der Waals surface area (Å²) >= 11 is 6.06. The van der Waals surface area contributed by atoms with Crippen LogP contribution in [0.4, 0.5) is 24.5 Å². The van der Waals surface area contributed by atoms with Crippen LogP contribution < -0.4 is 19.7 Å². The number of halogens is 4. The molecule has 37 heavy (non-hydrogen) atoms. The van der Waals surface area contributed by atoms with E-state index >= 15 is 0 Å². The standard InChI is InChI=1S/C27H26ClF3N2O4/c1-16-11-18(27(29,30)31)12-24-23(16)7-8-33(24)26(35)25(17-3-5-19(28)6-4-17)32-20-13-21(36-2)15-22(14-20)37-10-9-34/h3-6,11-15,25,32,34H,7-10H2,1-2H3/t25-/m1/s1. The Bertz CT molecular complexity index is 1280. The van der Waals surface area contributed by atoms with Gasteiger partial charge in [-0.2, -0.15) is 13.2 Å². The van der Waals surface area contributed by atoms with Gasteiger partial charge in [0.15, 0.2) is 0 Å². The van der Waals surface area contributed by atoms with Crippen LogP contribution in [0, 0.1) is 6.92 Å². The number of carbonyl (C=O) groups is 1. The first-order chi connectivity index (χ1) is 17.6. The number of rotatable bonds is 8. The summed E-state index contributed by atoms with van der Waals surface area (Å²) in [7, 11) is 1.48. The quantitative estimate of drug-likeness (QED) is 0.383. The highest BCUT2D eigenvalue weighted by molar-refractivity contribution is 6.30. The van der Waals surface area contributed by atoms with Gasteiger partial charge in [0.05, 0.1) is 19.3 Å². The number of methoxy groups -OCH3 is 1. The molecule has 0 bridgehead atoms. The average molecular weight is 535 g/mol. The van der Waals surface area contributed by atoms with E-state index in [-0.39, 0.29) is 25.4 Å². The zero-order chi connectivity index (χ0) is 26.7. The molecule has 0 radical (unpaired) electrons. The first-order valence-corrected chi connectivity index (χ1v) is 12.0. The summed E-state index contributed by atoms with van der Waals surface area (Å²) in [5.74, 6) is 0.452. The smallest absolute Gasteiger partial charge is 0.416 e. The fraction of sp³-hybridized carbons (Fsp3) is 0.296. The van der Waals surface area contributed by atoms with Crippen LogP contribution in [0.2, 0.25) is 5.02 Å². The van der Waals surface area contributed by atoms with Crippen molar-refractivity contribution >= 4 is 28.9 Å². The van der Waals surface area contributed by atoms with Gasteiger partial charge < -0.3 is 24.8 Å². The van der Waals surface area contributed by atoms with E-state index < -0.39 is 23.7 Å². The molecule has 6 nitrogen and oxygen atoms in total. The Morgan fingerprint density at radius 3 is 2.49 bits per heavy atom. The van der Waals surface area contributed by atoms with E-state index in [1.165, 1.54) is 12.0 Å². The summed E-state index contributed by atoms with van der Waals surface area (Å²) in [5.41, 5.74) is 1.74. The van der Waals surface area contributed by atoms with Crippen molar-refractivity contribution in [3.8, 4) is 11.5 Å². The predicted octanol–water partition coefficient (Wildman–Crippen LogP) is 5.79. The maximum Gasteiger partial charge on any atom is 0.416 e.